The molecule has 0 bridgehead atoms. The summed E-state index contributed by atoms with van der Waals surface area (Å²) in [5.74, 6) is 0.644. The zero-order valence-corrected chi connectivity index (χ0v) is 17.9. The monoisotopic (exact) mass is 419 g/mol. The van der Waals surface area contributed by atoms with Crippen LogP contribution in [0.25, 0.3) is 11.4 Å². The number of tetrazole rings is 1. The smallest absolute Gasteiger partial charge is 0.249 e. The number of aryl methyl sites for hydroxylation is 1. The van der Waals surface area contributed by atoms with Crippen LogP contribution in [0.2, 0.25) is 0 Å². The molecule has 31 heavy (non-hydrogen) atoms. The Hall–Kier alpha value is -3.51. The molecule has 1 aliphatic heterocycles. The van der Waals surface area contributed by atoms with Crippen LogP contribution in [-0.2, 0) is 22.6 Å². The third kappa shape index (κ3) is 4.20. The summed E-state index contributed by atoms with van der Waals surface area (Å²) in [5, 5.41) is 25.0. The maximum atomic E-state index is 12.8. The number of anilines is 1. The molecule has 1 amide bonds. The lowest BCUT2D eigenvalue weighted by Crippen LogP contribution is -2.24. The third-order valence-electron chi connectivity index (χ3n) is 5.73. The van der Waals surface area contributed by atoms with Crippen molar-refractivity contribution in [1.82, 2.24) is 24.8 Å². The number of hydrogen-bond acceptors (Lipinski definition) is 6. The first-order chi connectivity index (χ1) is 15.0. The first kappa shape index (κ1) is 20.8. The van der Waals surface area contributed by atoms with Crippen molar-refractivity contribution >= 4 is 11.7 Å². The van der Waals surface area contributed by atoms with E-state index in [2.05, 4.69) is 26.8 Å². The van der Waals surface area contributed by atoms with Crippen molar-refractivity contribution in [3.63, 3.8) is 0 Å². The second-order valence-corrected chi connectivity index (χ2v) is 7.80. The van der Waals surface area contributed by atoms with Crippen molar-refractivity contribution in [2.45, 2.75) is 52.8 Å². The number of carbonyl (C=O) groups excluding carboxylic acids is 1. The maximum Gasteiger partial charge on any atom is 0.249 e. The third-order valence-corrected chi connectivity index (χ3v) is 5.73. The largest absolute Gasteiger partial charge is 0.376 e. The molecule has 1 atom stereocenters. The molecule has 160 valence electrons. The molecule has 1 aliphatic rings. The Morgan fingerprint density at radius 3 is 2.84 bits per heavy atom. The van der Waals surface area contributed by atoms with Gasteiger partial charge in [0.15, 0.2) is 0 Å². The van der Waals surface area contributed by atoms with Gasteiger partial charge >= 0.3 is 0 Å². The van der Waals surface area contributed by atoms with Crippen molar-refractivity contribution in [1.29, 1.82) is 5.26 Å². The van der Waals surface area contributed by atoms with Gasteiger partial charge in [-0.25, -0.2) is 0 Å². The fourth-order valence-corrected chi connectivity index (χ4v) is 3.89. The Morgan fingerprint density at radius 2 is 2.13 bits per heavy atom. The second-order valence-electron chi connectivity index (χ2n) is 7.80. The number of ether oxygens (including phenoxy) is 1. The molecule has 0 saturated carbocycles. The van der Waals surface area contributed by atoms with Crippen LogP contribution in [-0.4, -0.2) is 43.4 Å². The first-order valence-corrected chi connectivity index (χ1v) is 10.3. The zero-order chi connectivity index (χ0) is 22.0. The highest BCUT2D eigenvalue weighted by atomic mass is 16.5. The molecule has 1 saturated heterocycles. The van der Waals surface area contributed by atoms with Gasteiger partial charge in [0, 0.05) is 17.9 Å². The van der Waals surface area contributed by atoms with Gasteiger partial charge in [0.25, 0.3) is 0 Å². The fraction of sp³-hybridized carbons (Fsp3) is 0.409. The van der Waals surface area contributed by atoms with Crippen LogP contribution in [0.15, 0.2) is 24.3 Å². The van der Waals surface area contributed by atoms with E-state index in [1.165, 1.54) is 4.80 Å². The van der Waals surface area contributed by atoms with Crippen LogP contribution in [0, 0.1) is 32.1 Å². The molecule has 9 heteroatoms. The maximum absolute atomic E-state index is 12.8. The SMILES string of the molecule is Cc1ccccc1-c1nnn(CC(=O)Nc2c(C#N)c(C)c(C)n2C[C@@H]2CCCO2)n1. The molecule has 3 aromatic rings. The van der Waals surface area contributed by atoms with Crippen molar-refractivity contribution in [3.05, 3.63) is 46.6 Å². The molecule has 1 aromatic carbocycles. The molecule has 1 fully saturated rings. The van der Waals surface area contributed by atoms with E-state index in [9.17, 15) is 10.1 Å². The average molecular weight is 419 g/mol. The predicted molar refractivity (Wildman–Crippen MR) is 114 cm³/mol. The molecule has 3 heterocycles. The summed E-state index contributed by atoms with van der Waals surface area (Å²) in [6, 6.07) is 9.96. The van der Waals surface area contributed by atoms with Gasteiger partial charge in [-0.2, -0.15) is 10.1 Å². The fourth-order valence-electron chi connectivity index (χ4n) is 3.89. The Bertz CT molecular complexity index is 1150. The minimum Gasteiger partial charge on any atom is -0.376 e. The number of nitriles is 1. The molecule has 0 unspecified atom stereocenters. The average Bonchev–Trinajstić information content (AvgIpc) is 3.47. The number of rotatable bonds is 6. The van der Waals surface area contributed by atoms with Crippen molar-refractivity contribution in [2.75, 3.05) is 11.9 Å². The Kier molecular flexibility index (Phi) is 5.82. The lowest BCUT2D eigenvalue weighted by molar-refractivity contribution is -0.117. The second kappa shape index (κ2) is 8.70. The van der Waals surface area contributed by atoms with Crippen molar-refractivity contribution in [3.8, 4) is 17.5 Å². The number of carbonyl (C=O) groups is 1. The lowest BCUT2D eigenvalue weighted by Gasteiger charge is -2.16. The van der Waals surface area contributed by atoms with Crippen molar-refractivity contribution < 1.29 is 9.53 Å². The van der Waals surface area contributed by atoms with Gasteiger partial charge in [0.05, 0.1) is 18.2 Å². The summed E-state index contributed by atoms with van der Waals surface area (Å²) in [6.07, 6.45) is 2.08. The molecule has 1 N–H and O–H groups in total. The molecule has 0 aliphatic carbocycles. The molecule has 2 aromatic heterocycles. The van der Waals surface area contributed by atoms with Crippen LogP contribution in [0.1, 0.15) is 35.2 Å². The number of hydrogen-bond donors (Lipinski definition) is 1. The van der Waals surface area contributed by atoms with E-state index in [1.54, 1.807) is 0 Å². The Balaban J connectivity index is 1.53. The standard InChI is InChI=1S/C22H25N7O2/c1-14-7-4-5-9-18(14)21-25-27-29(26-21)13-20(30)24-22-19(11-23)15(2)16(3)28(22)12-17-8-6-10-31-17/h4-5,7,9,17H,6,8,10,12-13H2,1-3H3,(H,24,30)/t17-/m0/s1. The quantitative estimate of drug-likeness (QED) is 0.658. The topological polar surface area (TPSA) is 111 Å². The van der Waals surface area contributed by atoms with E-state index < -0.39 is 0 Å². The molecule has 0 radical (unpaired) electrons. The highest BCUT2D eigenvalue weighted by molar-refractivity contribution is 5.91. The first-order valence-electron chi connectivity index (χ1n) is 10.3. The van der Waals surface area contributed by atoms with E-state index in [-0.39, 0.29) is 18.6 Å². The zero-order valence-electron chi connectivity index (χ0n) is 17.9. The molecule has 0 spiro atoms. The number of amides is 1. The van der Waals surface area contributed by atoms with E-state index in [1.807, 2.05) is 49.6 Å². The minimum absolute atomic E-state index is 0.0846. The Labute approximate surface area is 180 Å². The number of nitrogens with one attached hydrogen (secondary N) is 1. The van der Waals surface area contributed by atoms with Gasteiger partial charge in [0.2, 0.25) is 11.7 Å². The number of benzene rings is 1. The molecule has 4 rings (SSSR count). The normalized spacial score (nSPS) is 15.7. The van der Waals surface area contributed by atoms with Crippen molar-refractivity contribution in [2.24, 2.45) is 0 Å². The van der Waals surface area contributed by atoms with Gasteiger partial charge in [-0.15, -0.1) is 10.2 Å². The lowest BCUT2D eigenvalue weighted by atomic mass is 10.1. The van der Waals surface area contributed by atoms with E-state index in [0.29, 0.717) is 23.8 Å². The predicted octanol–water partition coefficient (Wildman–Crippen LogP) is 2.76. The molecular weight excluding hydrogens is 394 g/mol. The summed E-state index contributed by atoms with van der Waals surface area (Å²) in [5.41, 5.74) is 4.18. The van der Waals surface area contributed by atoms with Gasteiger partial charge in [-0.05, 0) is 50.0 Å². The number of nitrogens with zero attached hydrogens (tertiary/aromatic N) is 6. The minimum atomic E-state index is -0.323. The van der Waals surface area contributed by atoms with Crippen LogP contribution in [0.4, 0.5) is 5.82 Å². The molecule has 9 nitrogen and oxygen atoms in total. The molecular formula is C22H25N7O2. The van der Waals surface area contributed by atoms with Gasteiger partial charge in [0.1, 0.15) is 18.4 Å². The summed E-state index contributed by atoms with van der Waals surface area (Å²) in [6.45, 7) is 7.06. The van der Waals surface area contributed by atoms with Crippen LogP contribution < -0.4 is 5.32 Å². The van der Waals surface area contributed by atoms with Crippen LogP contribution >= 0.6 is 0 Å². The highest BCUT2D eigenvalue weighted by Crippen LogP contribution is 2.28. The van der Waals surface area contributed by atoms with Gasteiger partial charge < -0.3 is 14.6 Å². The van der Waals surface area contributed by atoms with E-state index in [4.69, 9.17) is 4.74 Å². The summed E-state index contributed by atoms with van der Waals surface area (Å²) < 4.78 is 7.72. The number of aromatic nitrogens is 5. The Morgan fingerprint density at radius 1 is 1.32 bits per heavy atom. The van der Waals surface area contributed by atoms with E-state index in [0.717, 1.165) is 41.8 Å². The van der Waals surface area contributed by atoms with E-state index >= 15 is 0 Å². The highest BCUT2D eigenvalue weighted by Gasteiger charge is 2.24. The van der Waals surface area contributed by atoms with Gasteiger partial charge in [-0.3, -0.25) is 4.79 Å². The van der Waals surface area contributed by atoms with Crippen LogP contribution in [0.5, 0.6) is 0 Å². The van der Waals surface area contributed by atoms with Crippen LogP contribution in [0.3, 0.4) is 0 Å². The summed E-state index contributed by atoms with van der Waals surface area (Å²) in [4.78, 5) is 14.0. The van der Waals surface area contributed by atoms with Gasteiger partial charge in [-0.1, -0.05) is 24.3 Å². The summed E-state index contributed by atoms with van der Waals surface area (Å²) >= 11 is 0. The summed E-state index contributed by atoms with van der Waals surface area (Å²) in [7, 11) is 0.